The highest BCUT2D eigenvalue weighted by atomic mass is 32.2. The van der Waals surface area contributed by atoms with Gasteiger partial charge in [0.2, 0.25) is 0 Å². The molecule has 0 radical (unpaired) electrons. The fourth-order valence-corrected chi connectivity index (χ4v) is 3.59. The topological polar surface area (TPSA) is 98.6 Å². The number of hydrogen-bond donors (Lipinski definition) is 1. The monoisotopic (exact) mass is 436 g/mol. The summed E-state index contributed by atoms with van der Waals surface area (Å²) in [5.41, 5.74) is 1.96. The lowest BCUT2D eigenvalue weighted by Crippen LogP contribution is -2.12. The van der Waals surface area contributed by atoms with Crippen molar-refractivity contribution < 1.29 is 14.3 Å². The van der Waals surface area contributed by atoms with Gasteiger partial charge in [0.05, 0.1) is 12.4 Å². The minimum Gasteiger partial charge on any atom is -0.494 e. The zero-order valence-corrected chi connectivity index (χ0v) is 17.8. The maximum atomic E-state index is 12.3. The Morgan fingerprint density at radius 3 is 2.48 bits per heavy atom. The highest BCUT2D eigenvalue weighted by Crippen LogP contribution is 2.24. The summed E-state index contributed by atoms with van der Waals surface area (Å²) in [7, 11) is 0. The number of rotatable bonds is 7. The van der Waals surface area contributed by atoms with E-state index in [-0.39, 0.29) is 11.3 Å². The molecule has 2 heterocycles. The van der Waals surface area contributed by atoms with E-state index in [1.165, 1.54) is 10.6 Å². The Morgan fingerprint density at radius 1 is 1.06 bits per heavy atom. The fourth-order valence-electron chi connectivity index (χ4n) is 2.87. The van der Waals surface area contributed by atoms with Crippen LogP contribution < -0.4 is 15.0 Å². The summed E-state index contributed by atoms with van der Waals surface area (Å²) < 4.78 is 12.3. The van der Waals surface area contributed by atoms with E-state index in [1.807, 2.05) is 50.2 Å². The molecule has 158 valence electrons. The first-order valence-corrected chi connectivity index (χ1v) is 10.6. The number of nitrogens with zero attached hydrogens (tertiary/aromatic N) is 3. The predicted octanol–water partition coefficient (Wildman–Crippen LogP) is 3.49. The molecular weight excluding hydrogens is 416 g/mol. The molecule has 0 bridgehead atoms. The molecule has 0 fully saturated rings. The third-order valence-corrected chi connectivity index (χ3v) is 5.23. The van der Waals surface area contributed by atoms with Crippen LogP contribution in [0.4, 0.5) is 0 Å². The number of hydrogen-bond acceptors (Lipinski definition) is 7. The van der Waals surface area contributed by atoms with Crippen LogP contribution in [-0.4, -0.2) is 37.9 Å². The van der Waals surface area contributed by atoms with Gasteiger partial charge in [-0.15, -0.1) is 0 Å². The number of aryl methyl sites for hydroxylation is 1. The van der Waals surface area contributed by atoms with E-state index in [1.54, 1.807) is 12.1 Å². The molecule has 0 unspecified atom stereocenters. The van der Waals surface area contributed by atoms with Gasteiger partial charge in [0.1, 0.15) is 11.5 Å². The first-order chi connectivity index (χ1) is 15.0. The molecule has 31 heavy (non-hydrogen) atoms. The summed E-state index contributed by atoms with van der Waals surface area (Å²) in [6, 6.07) is 16.0. The molecule has 0 amide bonds. The van der Waals surface area contributed by atoms with E-state index >= 15 is 0 Å². The van der Waals surface area contributed by atoms with E-state index in [4.69, 9.17) is 9.47 Å². The zero-order chi connectivity index (χ0) is 21.8. The van der Waals surface area contributed by atoms with Gasteiger partial charge >= 0.3 is 5.97 Å². The van der Waals surface area contributed by atoms with Gasteiger partial charge < -0.3 is 9.47 Å². The number of carbonyl (C=O) groups is 1. The van der Waals surface area contributed by atoms with Crippen LogP contribution in [0.1, 0.15) is 12.5 Å². The number of carbonyl (C=O) groups excluding carboxylic acids is 1. The number of thioether (sulfide) groups is 1. The normalized spacial score (nSPS) is 10.9. The lowest BCUT2D eigenvalue weighted by atomic mass is 10.2. The standard InChI is InChI=1S/C22H20N4O4S/c1-3-29-16-10-6-15(7-11-16)21-23-18-12-19(27)25-26(18)22(24-21)31-13-20(28)30-17-8-4-14(2)5-9-17/h4-12H,3,13H2,1-2H3,(H,25,27). The first kappa shape index (κ1) is 20.7. The quantitative estimate of drug-likeness (QED) is 0.269. The van der Waals surface area contributed by atoms with Crippen molar-refractivity contribution in [2.24, 2.45) is 0 Å². The smallest absolute Gasteiger partial charge is 0.321 e. The van der Waals surface area contributed by atoms with E-state index in [9.17, 15) is 9.59 Å². The van der Waals surface area contributed by atoms with Crippen LogP contribution in [-0.2, 0) is 4.79 Å². The van der Waals surface area contributed by atoms with Gasteiger partial charge in [-0.2, -0.15) is 0 Å². The second kappa shape index (κ2) is 9.05. The Labute approximate surface area is 182 Å². The van der Waals surface area contributed by atoms with Gasteiger partial charge in [-0.05, 0) is 50.2 Å². The number of H-pyrrole nitrogens is 1. The molecule has 0 saturated carbocycles. The molecule has 0 aliphatic heterocycles. The van der Waals surface area contributed by atoms with Crippen LogP contribution in [0.5, 0.6) is 11.5 Å². The van der Waals surface area contributed by atoms with Crippen molar-refractivity contribution in [2.45, 2.75) is 19.0 Å². The van der Waals surface area contributed by atoms with Crippen LogP contribution in [0.2, 0.25) is 0 Å². The van der Waals surface area contributed by atoms with Crippen molar-refractivity contribution >= 4 is 23.4 Å². The zero-order valence-electron chi connectivity index (χ0n) is 17.0. The van der Waals surface area contributed by atoms with E-state index in [0.29, 0.717) is 29.0 Å². The van der Waals surface area contributed by atoms with Crippen molar-refractivity contribution in [2.75, 3.05) is 12.4 Å². The fraction of sp³-hybridized carbons (Fsp3) is 0.182. The SMILES string of the molecule is CCOc1ccc(-c2nc(SCC(=O)Oc3ccc(C)cc3)n3[nH]c(=O)cc3n2)cc1. The van der Waals surface area contributed by atoms with Crippen molar-refractivity contribution in [3.8, 4) is 22.9 Å². The van der Waals surface area contributed by atoms with Crippen molar-refractivity contribution in [3.05, 3.63) is 70.5 Å². The van der Waals surface area contributed by atoms with Crippen LogP contribution in [0, 0.1) is 6.92 Å². The Kier molecular flexibility index (Phi) is 6.03. The summed E-state index contributed by atoms with van der Waals surface area (Å²) in [6.45, 7) is 4.46. The number of esters is 1. The average molecular weight is 436 g/mol. The largest absolute Gasteiger partial charge is 0.494 e. The Hall–Kier alpha value is -3.59. The molecule has 0 aliphatic rings. The maximum absolute atomic E-state index is 12.3. The number of nitrogens with one attached hydrogen (secondary N) is 1. The first-order valence-electron chi connectivity index (χ1n) is 9.65. The van der Waals surface area contributed by atoms with E-state index in [2.05, 4.69) is 15.1 Å². The molecule has 0 spiro atoms. The lowest BCUT2D eigenvalue weighted by molar-refractivity contribution is -0.131. The Bertz CT molecular complexity index is 1260. The highest BCUT2D eigenvalue weighted by molar-refractivity contribution is 7.99. The van der Waals surface area contributed by atoms with Crippen LogP contribution in [0.3, 0.4) is 0 Å². The molecule has 8 nitrogen and oxygen atoms in total. The second-order valence-corrected chi connectivity index (χ2v) is 7.62. The summed E-state index contributed by atoms with van der Waals surface area (Å²) >= 11 is 1.16. The molecule has 9 heteroatoms. The van der Waals surface area contributed by atoms with E-state index in [0.717, 1.165) is 28.6 Å². The highest BCUT2D eigenvalue weighted by Gasteiger charge is 2.14. The van der Waals surface area contributed by atoms with Crippen LogP contribution in [0.25, 0.3) is 17.0 Å². The van der Waals surface area contributed by atoms with E-state index < -0.39 is 5.97 Å². The predicted molar refractivity (Wildman–Crippen MR) is 118 cm³/mol. The Morgan fingerprint density at radius 2 is 1.77 bits per heavy atom. The van der Waals surface area contributed by atoms with Crippen molar-refractivity contribution in [3.63, 3.8) is 0 Å². The summed E-state index contributed by atoms with van der Waals surface area (Å²) in [5, 5.41) is 3.08. The van der Waals surface area contributed by atoms with Gasteiger partial charge in [0, 0.05) is 11.6 Å². The third kappa shape index (κ3) is 4.95. The third-order valence-electron chi connectivity index (χ3n) is 4.32. The minimum atomic E-state index is -0.419. The molecule has 0 atom stereocenters. The van der Waals surface area contributed by atoms with Gasteiger partial charge in [-0.3, -0.25) is 14.7 Å². The second-order valence-electron chi connectivity index (χ2n) is 6.68. The van der Waals surface area contributed by atoms with Crippen molar-refractivity contribution in [1.29, 1.82) is 0 Å². The van der Waals surface area contributed by atoms with Gasteiger partial charge in [0.15, 0.2) is 16.6 Å². The maximum Gasteiger partial charge on any atom is 0.321 e. The van der Waals surface area contributed by atoms with Crippen molar-refractivity contribution in [1.82, 2.24) is 19.6 Å². The number of fused-ring (bicyclic) bond motifs is 1. The molecule has 2 aromatic heterocycles. The summed E-state index contributed by atoms with van der Waals surface area (Å²) in [4.78, 5) is 33.1. The molecule has 2 aromatic carbocycles. The summed E-state index contributed by atoms with van der Waals surface area (Å²) in [5.74, 6) is 1.27. The summed E-state index contributed by atoms with van der Waals surface area (Å²) in [6.07, 6.45) is 0. The Balaban J connectivity index is 1.56. The lowest BCUT2D eigenvalue weighted by Gasteiger charge is -2.08. The molecule has 0 saturated heterocycles. The molecule has 4 aromatic rings. The van der Waals surface area contributed by atoms with Gasteiger partial charge in [0.25, 0.3) is 5.56 Å². The van der Waals surface area contributed by atoms with Crippen LogP contribution >= 0.6 is 11.8 Å². The molecular formula is C22H20N4O4S. The van der Waals surface area contributed by atoms with Crippen LogP contribution in [0.15, 0.2) is 64.5 Å². The number of aromatic nitrogens is 4. The number of benzene rings is 2. The van der Waals surface area contributed by atoms with Gasteiger partial charge in [-0.25, -0.2) is 14.5 Å². The molecule has 0 aliphatic carbocycles. The average Bonchev–Trinajstić information content (AvgIpc) is 3.14. The minimum absolute atomic E-state index is 0.0168. The molecule has 1 N–H and O–H groups in total. The number of aromatic amines is 1. The van der Waals surface area contributed by atoms with Gasteiger partial charge in [-0.1, -0.05) is 29.5 Å². The molecule has 4 rings (SSSR count). The number of ether oxygens (including phenoxy) is 2.